The van der Waals surface area contributed by atoms with E-state index in [-0.39, 0.29) is 24.2 Å². The Morgan fingerprint density at radius 1 is 1.09 bits per heavy atom. The largest absolute Gasteiger partial charge is 0.393 e. The summed E-state index contributed by atoms with van der Waals surface area (Å²) in [6.45, 7) is 3.18. The van der Waals surface area contributed by atoms with Crippen LogP contribution in [0, 0.1) is 5.82 Å². The van der Waals surface area contributed by atoms with Gasteiger partial charge in [-0.2, -0.15) is 4.98 Å². The van der Waals surface area contributed by atoms with E-state index in [1.807, 2.05) is 12.1 Å². The molecule has 0 unspecified atom stereocenters. The predicted octanol–water partition coefficient (Wildman–Crippen LogP) is 3.08. The maximum Gasteiger partial charge on any atom is 0.227 e. The maximum atomic E-state index is 13.0. The molecule has 2 aromatic carbocycles. The van der Waals surface area contributed by atoms with Crippen molar-refractivity contribution in [1.29, 1.82) is 0 Å². The molecule has 0 bridgehead atoms. The van der Waals surface area contributed by atoms with Crippen LogP contribution < -0.4 is 5.32 Å². The van der Waals surface area contributed by atoms with Crippen molar-refractivity contribution in [2.45, 2.75) is 44.9 Å². The van der Waals surface area contributed by atoms with E-state index in [0.29, 0.717) is 30.2 Å². The van der Waals surface area contributed by atoms with E-state index >= 15 is 0 Å². The van der Waals surface area contributed by atoms with Crippen molar-refractivity contribution in [2.24, 2.45) is 0 Å². The number of likely N-dealkylation sites (tertiary alicyclic amines) is 1. The van der Waals surface area contributed by atoms with Crippen LogP contribution in [0.4, 0.5) is 4.39 Å². The molecule has 1 aromatic heterocycles. The van der Waals surface area contributed by atoms with Crippen molar-refractivity contribution in [3.63, 3.8) is 0 Å². The van der Waals surface area contributed by atoms with Gasteiger partial charge in [-0.1, -0.05) is 29.4 Å². The second kappa shape index (κ2) is 10.5. The summed E-state index contributed by atoms with van der Waals surface area (Å²) in [7, 11) is 0. The summed E-state index contributed by atoms with van der Waals surface area (Å²) in [5.41, 5.74) is 2.92. The first-order valence-electron chi connectivity index (χ1n) is 10.9. The molecule has 32 heavy (non-hydrogen) atoms. The Labute approximate surface area is 186 Å². The number of piperidine rings is 1. The molecule has 3 aromatic rings. The molecule has 168 valence electrons. The van der Waals surface area contributed by atoms with Gasteiger partial charge in [0.15, 0.2) is 0 Å². The van der Waals surface area contributed by atoms with Gasteiger partial charge >= 0.3 is 0 Å². The van der Waals surface area contributed by atoms with Crippen LogP contribution in [0.5, 0.6) is 0 Å². The van der Waals surface area contributed by atoms with Crippen LogP contribution in [0.1, 0.15) is 36.3 Å². The van der Waals surface area contributed by atoms with Gasteiger partial charge in [-0.15, -0.1) is 0 Å². The summed E-state index contributed by atoms with van der Waals surface area (Å²) in [5, 5.41) is 16.4. The Balaban J connectivity index is 1.19. The third-order valence-electron chi connectivity index (χ3n) is 5.61. The number of hydrogen-bond acceptors (Lipinski definition) is 6. The Bertz CT molecular complexity index is 1010. The minimum absolute atomic E-state index is 0.0949. The van der Waals surface area contributed by atoms with E-state index < -0.39 is 0 Å². The highest BCUT2D eigenvalue weighted by Crippen LogP contribution is 2.17. The fourth-order valence-electron chi connectivity index (χ4n) is 3.68. The first-order valence-corrected chi connectivity index (χ1v) is 10.9. The van der Waals surface area contributed by atoms with Crippen molar-refractivity contribution < 1.29 is 18.8 Å². The van der Waals surface area contributed by atoms with Crippen molar-refractivity contribution in [3.05, 3.63) is 71.4 Å². The second-order valence-corrected chi connectivity index (χ2v) is 8.12. The van der Waals surface area contributed by atoms with Crippen LogP contribution >= 0.6 is 0 Å². The van der Waals surface area contributed by atoms with Gasteiger partial charge in [-0.05, 0) is 48.2 Å². The average Bonchev–Trinajstić information content (AvgIpc) is 3.28. The maximum absolute atomic E-state index is 13.0. The van der Waals surface area contributed by atoms with Crippen LogP contribution in [-0.2, 0) is 24.3 Å². The zero-order chi connectivity index (χ0) is 22.3. The first-order chi connectivity index (χ1) is 15.5. The number of aromatic nitrogens is 2. The lowest BCUT2D eigenvalue weighted by Crippen LogP contribution is -2.35. The molecule has 1 aliphatic heterocycles. The normalized spacial score (nSPS) is 15.1. The zero-order valence-corrected chi connectivity index (χ0v) is 17.8. The van der Waals surface area contributed by atoms with Crippen molar-refractivity contribution in [1.82, 2.24) is 20.4 Å². The molecular weight excluding hydrogens is 411 g/mol. The summed E-state index contributed by atoms with van der Waals surface area (Å²) >= 11 is 0. The molecular formula is C24H27FN4O3. The Morgan fingerprint density at radius 2 is 1.78 bits per heavy atom. The van der Waals surface area contributed by atoms with Gasteiger partial charge in [0.25, 0.3) is 0 Å². The lowest BCUT2D eigenvalue weighted by molar-refractivity contribution is -0.121. The van der Waals surface area contributed by atoms with E-state index in [1.54, 1.807) is 12.1 Å². The summed E-state index contributed by atoms with van der Waals surface area (Å²) in [6, 6.07) is 14.1. The van der Waals surface area contributed by atoms with Crippen LogP contribution in [0.3, 0.4) is 0 Å². The number of nitrogens with zero attached hydrogens (tertiary/aromatic N) is 3. The van der Waals surface area contributed by atoms with Gasteiger partial charge in [-0.25, -0.2) is 4.39 Å². The van der Waals surface area contributed by atoms with E-state index in [4.69, 9.17) is 4.52 Å². The number of aliphatic hydroxyl groups excluding tert-OH is 1. The minimum Gasteiger partial charge on any atom is -0.393 e. The van der Waals surface area contributed by atoms with Crippen LogP contribution in [0.15, 0.2) is 53.1 Å². The van der Waals surface area contributed by atoms with Crippen LogP contribution in [-0.4, -0.2) is 45.2 Å². The lowest BCUT2D eigenvalue weighted by atomic mass is 10.1. The number of carbonyl (C=O) groups excluding carboxylic acids is 1. The molecule has 0 atom stereocenters. The van der Waals surface area contributed by atoms with Crippen molar-refractivity contribution in [3.8, 4) is 11.4 Å². The number of aryl methyl sites for hydroxylation is 1. The van der Waals surface area contributed by atoms with Crippen molar-refractivity contribution in [2.75, 3.05) is 13.1 Å². The Kier molecular flexibility index (Phi) is 7.24. The number of amides is 1. The topological polar surface area (TPSA) is 91.5 Å². The monoisotopic (exact) mass is 438 g/mol. The molecule has 7 nitrogen and oxygen atoms in total. The number of aliphatic hydroxyl groups is 1. The molecule has 2 heterocycles. The average molecular weight is 439 g/mol. The zero-order valence-electron chi connectivity index (χ0n) is 17.8. The van der Waals surface area contributed by atoms with Gasteiger partial charge in [0.1, 0.15) is 5.82 Å². The molecule has 1 aliphatic rings. The predicted molar refractivity (Wildman–Crippen MR) is 117 cm³/mol. The number of rotatable bonds is 8. The fourth-order valence-corrected chi connectivity index (χ4v) is 3.68. The summed E-state index contributed by atoms with van der Waals surface area (Å²) in [4.78, 5) is 18.8. The lowest BCUT2D eigenvalue weighted by Gasteiger charge is -2.29. The van der Waals surface area contributed by atoms with Crippen LogP contribution in [0.25, 0.3) is 11.4 Å². The molecule has 0 saturated carbocycles. The smallest absolute Gasteiger partial charge is 0.227 e. The molecule has 1 fully saturated rings. The molecule has 0 spiro atoms. The molecule has 8 heteroatoms. The first kappa shape index (κ1) is 22.1. The summed E-state index contributed by atoms with van der Waals surface area (Å²) < 4.78 is 18.2. The minimum atomic E-state index is -0.327. The molecule has 1 amide bonds. The SMILES string of the molecule is O=C(CCc1nc(-c2ccc(F)cc2)no1)NCc1ccc(CN2CCC(O)CC2)cc1. The van der Waals surface area contributed by atoms with E-state index in [2.05, 4.69) is 32.5 Å². The number of halogens is 1. The summed E-state index contributed by atoms with van der Waals surface area (Å²) in [5.74, 6) is 0.323. The molecule has 0 radical (unpaired) electrons. The number of nitrogens with one attached hydrogen (secondary N) is 1. The standard InChI is InChI=1S/C24H27FN4O3/c25-20-7-5-19(6-8-20)24-27-23(32-28-24)10-9-22(31)26-15-17-1-3-18(4-2-17)16-29-13-11-21(30)12-14-29/h1-8,21,30H,9-16H2,(H,26,31). The summed E-state index contributed by atoms with van der Waals surface area (Å²) in [6.07, 6.45) is 2.09. The number of hydrogen-bond donors (Lipinski definition) is 2. The van der Waals surface area contributed by atoms with Gasteiger partial charge in [0.05, 0.1) is 6.10 Å². The highest BCUT2D eigenvalue weighted by atomic mass is 19.1. The van der Waals surface area contributed by atoms with Gasteiger partial charge in [0.2, 0.25) is 17.6 Å². The molecule has 1 saturated heterocycles. The second-order valence-electron chi connectivity index (χ2n) is 8.12. The van der Waals surface area contributed by atoms with E-state index in [1.165, 1.54) is 17.7 Å². The van der Waals surface area contributed by atoms with E-state index in [9.17, 15) is 14.3 Å². The molecule has 2 N–H and O–H groups in total. The third-order valence-corrected chi connectivity index (χ3v) is 5.61. The molecule has 4 rings (SSSR count). The fraction of sp³-hybridized carbons (Fsp3) is 0.375. The Morgan fingerprint density at radius 3 is 2.50 bits per heavy atom. The van der Waals surface area contributed by atoms with Gasteiger partial charge in [-0.3, -0.25) is 9.69 Å². The van der Waals surface area contributed by atoms with Crippen molar-refractivity contribution >= 4 is 5.91 Å². The highest BCUT2D eigenvalue weighted by molar-refractivity contribution is 5.76. The number of carbonyl (C=O) groups is 1. The number of benzene rings is 2. The van der Waals surface area contributed by atoms with Crippen LogP contribution in [0.2, 0.25) is 0 Å². The quantitative estimate of drug-likeness (QED) is 0.562. The third kappa shape index (κ3) is 6.21. The molecule has 0 aliphatic carbocycles. The van der Waals surface area contributed by atoms with Gasteiger partial charge < -0.3 is 14.9 Å². The van der Waals surface area contributed by atoms with E-state index in [0.717, 1.165) is 38.0 Å². The Hall–Kier alpha value is -3.10. The highest BCUT2D eigenvalue weighted by Gasteiger charge is 2.17. The van der Waals surface area contributed by atoms with Gasteiger partial charge in [0, 0.05) is 44.6 Å².